The smallest absolute Gasteiger partial charge is 0.183 e. The molecule has 1 saturated heterocycles. The maximum absolute atomic E-state index is 5.83. The Morgan fingerprint density at radius 3 is 2.90 bits per heavy atom. The zero-order valence-electron chi connectivity index (χ0n) is 17.7. The van der Waals surface area contributed by atoms with E-state index in [2.05, 4.69) is 16.4 Å². The number of para-hydroxylation sites is 1. The second kappa shape index (κ2) is 9.49. The molecular formula is C22H28N4O3S. The van der Waals surface area contributed by atoms with Gasteiger partial charge in [-0.2, -0.15) is 5.10 Å². The van der Waals surface area contributed by atoms with Gasteiger partial charge < -0.3 is 19.5 Å². The summed E-state index contributed by atoms with van der Waals surface area (Å²) in [4.78, 5) is 5.77. The Labute approximate surface area is 181 Å². The van der Waals surface area contributed by atoms with Crippen molar-refractivity contribution in [3.63, 3.8) is 0 Å². The second-order valence-corrected chi connectivity index (χ2v) is 8.35. The lowest BCUT2D eigenvalue weighted by atomic mass is 10.1. The average molecular weight is 429 g/mol. The molecule has 0 spiro atoms. The van der Waals surface area contributed by atoms with Crippen molar-refractivity contribution in [2.45, 2.75) is 45.4 Å². The third-order valence-corrected chi connectivity index (χ3v) is 6.39. The molecule has 1 aromatic carbocycles. The minimum Gasteiger partial charge on any atom is -0.493 e. The summed E-state index contributed by atoms with van der Waals surface area (Å²) in [7, 11) is 3.30. The minimum atomic E-state index is 0.268. The molecule has 4 rings (SSSR count). The summed E-state index contributed by atoms with van der Waals surface area (Å²) in [6.45, 7) is 4.28. The van der Waals surface area contributed by atoms with Crippen LogP contribution < -0.4 is 14.8 Å². The van der Waals surface area contributed by atoms with Crippen molar-refractivity contribution in [3.05, 3.63) is 41.7 Å². The van der Waals surface area contributed by atoms with E-state index >= 15 is 0 Å². The topological polar surface area (TPSA) is 70.4 Å². The molecule has 2 aromatic heterocycles. The number of hydrogen-bond donors (Lipinski definition) is 1. The van der Waals surface area contributed by atoms with Crippen molar-refractivity contribution in [2.24, 2.45) is 0 Å². The molecule has 30 heavy (non-hydrogen) atoms. The van der Waals surface area contributed by atoms with Crippen molar-refractivity contribution in [1.29, 1.82) is 0 Å². The van der Waals surface area contributed by atoms with Crippen LogP contribution in [0.15, 0.2) is 30.5 Å². The van der Waals surface area contributed by atoms with Crippen molar-refractivity contribution >= 4 is 16.5 Å². The average Bonchev–Trinajstić information content (AvgIpc) is 3.38. The van der Waals surface area contributed by atoms with Crippen LogP contribution in [0.1, 0.15) is 30.5 Å². The fourth-order valence-electron chi connectivity index (χ4n) is 3.72. The fourth-order valence-corrected chi connectivity index (χ4v) is 4.64. The zero-order valence-corrected chi connectivity index (χ0v) is 18.5. The van der Waals surface area contributed by atoms with Crippen molar-refractivity contribution in [2.75, 3.05) is 26.1 Å². The summed E-state index contributed by atoms with van der Waals surface area (Å²) >= 11 is 1.61. The minimum absolute atomic E-state index is 0.268. The van der Waals surface area contributed by atoms with Crippen LogP contribution >= 0.6 is 11.3 Å². The van der Waals surface area contributed by atoms with Crippen LogP contribution in [0.4, 0.5) is 5.13 Å². The molecule has 0 amide bonds. The van der Waals surface area contributed by atoms with E-state index in [-0.39, 0.29) is 6.10 Å². The highest BCUT2D eigenvalue weighted by Crippen LogP contribution is 2.34. The van der Waals surface area contributed by atoms with Gasteiger partial charge in [-0.15, -0.1) is 0 Å². The third kappa shape index (κ3) is 4.60. The predicted molar refractivity (Wildman–Crippen MR) is 119 cm³/mol. The first-order chi connectivity index (χ1) is 14.7. The van der Waals surface area contributed by atoms with E-state index in [9.17, 15) is 0 Å². The summed E-state index contributed by atoms with van der Waals surface area (Å²) < 4.78 is 18.7. The Balaban J connectivity index is 1.44. The summed E-state index contributed by atoms with van der Waals surface area (Å²) in [5, 5.41) is 9.03. The van der Waals surface area contributed by atoms with Gasteiger partial charge in [0.2, 0.25) is 0 Å². The molecule has 3 heterocycles. The normalized spacial score (nSPS) is 16.4. The van der Waals surface area contributed by atoms with Crippen molar-refractivity contribution in [1.82, 2.24) is 14.8 Å². The molecule has 3 aromatic rings. The van der Waals surface area contributed by atoms with E-state index in [1.54, 1.807) is 25.6 Å². The number of nitrogens with one attached hydrogen (secondary N) is 1. The quantitative estimate of drug-likeness (QED) is 0.569. The molecule has 1 N–H and O–H groups in total. The largest absolute Gasteiger partial charge is 0.493 e. The maximum atomic E-state index is 5.83. The maximum Gasteiger partial charge on any atom is 0.183 e. The molecule has 1 aliphatic rings. The Hall–Kier alpha value is -2.58. The molecule has 0 bridgehead atoms. The standard InChI is InChI=1S/C22H28N4O3S/c1-15-21(18-10-11-26(25-18)14-17-8-4-5-12-29-17)30-22(24-15)23-13-16-7-6-9-19(27-2)20(16)28-3/h6-7,9-11,17H,4-5,8,12-14H2,1-3H3,(H,23,24)/t17-/m0/s1. The van der Waals surface area contributed by atoms with E-state index in [1.165, 1.54) is 12.8 Å². The van der Waals surface area contributed by atoms with Gasteiger partial charge in [-0.1, -0.05) is 23.5 Å². The molecule has 0 unspecified atom stereocenters. The van der Waals surface area contributed by atoms with Gasteiger partial charge in [0.1, 0.15) is 5.69 Å². The number of rotatable bonds is 8. The highest BCUT2D eigenvalue weighted by molar-refractivity contribution is 7.19. The van der Waals surface area contributed by atoms with Crippen LogP contribution in [0.25, 0.3) is 10.6 Å². The van der Waals surface area contributed by atoms with E-state index in [0.29, 0.717) is 6.54 Å². The monoisotopic (exact) mass is 428 g/mol. The first kappa shape index (κ1) is 20.7. The predicted octanol–water partition coefficient (Wildman–Crippen LogP) is 4.51. The van der Waals surface area contributed by atoms with Crippen LogP contribution in [0.2, 0.25) is 0 Å². The van der Waals surface area contributed by atoms with Crippen LogP contribution in [-0.4, -0.2) is 41.7 Å². The Morgan fingerprint density at radius 2 is 2.13 bits per heavy atom. The lowest BCUT2D eigenvalue weighted by molar-refractivity contribution is 0.00403. The number of anilines is 1. The molecule has 1 fully saturated rings. The van der Waals surface area contributed by atoms with Gasteiger partial charge in [0, 0.05) is 24.9 Å². The van der Waals surface area contributed by atoms with Crippen LogP contribution in [0.3, 0.4) is 0 Å². The van der Waals surface area contributed by atoms with Gasteiger partial charge in [0.05, 0.1) is 37.4 Å². The van der Waals surface area contributed by atoms with E-state index < -0.39 is 0 Å². The zero-order chi connectivity index (χ0) is 20.9. The summed E-state index contributed by atoms with van der Waals surface area (Å²) in [6.07, 6.45) is 5.80. The Bertz CT molecular complexity index is 979. The first-order valence-corrected chi connectivity index (χ1v) is 11.1. The number of nitrogens with zero attached hydrogens (tertiary/aromatic N) is 3. The number of aryl methyl sites for hydroxylation is 1. The van der Waals surface area contributed by atoms with Crippen molar-refractivity contribution < 1.29 is 14.2 Å². The van der Waals surface area contributed by atoms with Gasteiger partial charge in [-0.3, -0.25) is 4.68 Å². The second-order valence-electron chi connectivity index (χ2n) is 7.35. The molecule has 1 aliphatic heterocycles. The Morgan fingerprint density at radius 1 is 1.23 bits per heavy atom. The third-order valence-electron chi connectivity index (χ3n) is 5.25. The van der Waals surface area contributed by atoms with Crippen LogP contribution in [0.5, 0.6) is 11.5 Å². The van der Waals surface area contributed by atoms with Gasteiger partial charge in [0.15, 0.2) is 16.6 Å². The van der Waals surface area contributed by atoms with E-state index in [0.717, 1.165) is 58.0 Å². The summed E-state index contributed by atoms with van der Waals surface area (Å²) in [5.41, 5.74) is 2.94. The molecule has 8 heteroatoms. The summed E-state index contributed by atoms with van der Waals surface area (Å²) in [6, 6.07) is 7.92. The SMILES string of the molecule is COc1cccc(CNc2nc(C)c(-c3ccn(C[C@@H]4CCCCO4)n3)s2)c1OC. The van der Waals surface area contributed by atoms with E-state index in [4.69, 9.17) is 19.3 Å². The fraction of sp³-hybridized carbons (Fsp3) is 0.455. The lowest BCUT2D eigenvalue weighted by Gasteiger charge is -2.22. The molecule has 0 saturated carbocycles. The van der Waals surface area contributed by atoms with Gasteiger partial charge in [0.25, 0.3) is 0 Å². The first-order valence-electron chi connectivity index (χ1n) is 10.2. The molecule has 0 aliphatic carbocycles. The number of thiazole rings is 1. The molecule has 7 nitrogen and oxygen atoms in total. The molecule has 0 radical (unpaired) electrons. The van der Waals surface area contributed by atoms with Crippen LogP contribution in [-0.2, 0) is 17.8 Å². The number of hydrogen-bond acceptors (Lipinski definition) is 7. The number of methoxy groups -OCH3 is 2. The summed E-state index contributed by atoms with van der Waals surface area (Å²) in [5.74, 6) is 1.46. The van der Waals surface area contributed by atoms with Gasteiger partial charge in [-0.25, -0.2) is 4.98 Å². The number of ether oxygens (including phenoxy) is 3. The van der Waals surface area contributed by atoms with Gasteiger partial charge in [-0.05, 0) is 38.3 Å². The molecule has 160 valence electrons. The molecular weight excluding hydrogens is 400 g/mol. The Kier molecular flexibility index (Phi) is 6.54. The van der Waals surface area contributed by atoms with Gasteiger partial charge >= 0.3 is 0 Å². The van der Waals surface area contributed by atoms with Crippen LogP contribution in [0, 0.1) is 6.92 Å². The number of aromatic nitrogens is 3. The highest BCUT2D eigenvalue weighted by Gasteiger charge is 2.17. The highest BCUT2D eigenvalue weighted by atomic mass is 32.1. The lowest BCUT2D eigenvalue weighted by Crippen LogP contribution is -2.24. The van der Waals surface area contributed by atoms with Crippen molar-refractivity contribution in [3.8, 4) is 22.1 Å². The number of benzene rings is 1. The molecule has 1 atom stereocenters. The van der Waals surface area contributed by atoms with E-state index in [1.807, 2.05) is 36.0 Å².